The predicted molar refractivity (Wildman–Crippen MR) is 41.1 cm³/mol. The zero-order chi connectivity index (χ0) is 11.4. The lowest BCUT2D eigenvalue weighted by atomic mass is 10.1. The lowest BCUT2D eigenvalue weighted by Gasteiger charge is -2.02. The molecule has 64 valence electrons. The number of carbonyl (C=O) groups is 2. The van der Waals surface area contributed by atoms with Crippen molar-refractivity contribution in [1.29, 1.82) is 0 Å². The van der Waals surface area contributed by atoms with Gasteiger partial charge in [-0.1, -0.05) is 13.8 Å². The van der Waals surface area contributed by atoms with E-state index in [0.29, 0.717) is 0 Å². The zero-order valence-electron chi connectivity index (χ0n) is 9.72. The summed E-state index contributed by atoms with van der Waals surface area (Å²) in [5.74, 6) is -2.56. The second-order valence-corrected chi connectivity index (χ2v) is 2.25. The fraction of sp³-hybridized carbons (Fsp3) is 0.750. The maximum Gasteiger partial charge on any atom is 0.374 e. The first kappa shape index (κ1) is 5.75. The quantitative estimate of drug-likeness (QED) is 0.459. The molecular formula is C8H14O3. The van der Waals surface area contributed by atoms with E-state index in [9.17, 15) is 9.59 Å². The van der Waals surface area contributed by atoms with Gasteiger partial charge in [0.25, 0.3) is 0 Å². The Morgan fingerprint density at radius 1 is 1.64 bits per heavy atom. The summed E-state index contributed by atoms with van der Waals surface area (Å²) in [4.78, 5) is 21.9. The van der Waals surface area contributed by atoms with E-state index < -0.39 is 24.5 Å². The molecule has 11 heavy (non-hydrogen) atoms. The SMILES string of the molecule is [2H]C([2H])([2H])C(C)CC(=O)C(=O)OCC. The molecule has 0 N–H and O–H groups in total. The molecule has 0 saturated heterocycles. The van der Waals surface area contributed by atoms with Crippen LogP contribution in [0.4, 0.5) is 0 Å². The van der Waals surface area contributed by atoms with Gasteiger partial charge in [0.1, 0.15) is 0 Å². The highest BCUT2D eigenvalue weighted by Gasteiger charge is 2.15. The highest BCUT2D eigenvalue weighted by molar-refractivity contribution is 6.33. The molecule has 0 saturated carbocycles. The van der Waals surface area contributed by atoms with Crippen molar-refractivity contribution in [1.82, 2.24) is 0 Å². The molecule has 1 atom stereocenters. The molecule has 0 aromatic heterocycles. The van der Waals surface area contributed by atoms with Crippen molar-refractivity contribution in [2.45, 2.75) is 27.1 Å². The average molecular weight is 161 g/mol. The normalized spacial score (nSPS) is 17.5. The van der Waals surface area contributed by atoms with Gasteiger partial charge < -0.3 is 4.74 Å². The van der Waals surface area contributed by atoms with E-state index in [-0.39, 0.29) is 13.0 Å². The summed E-state index contributed by atoms with van der Waals surface area (Å²) in [5, 5.41) is 0. The number of esters is 1. The second kappa shape index (κ2) is 4.88. The molecule has 0 aliphatic rings. The Labute approximate surface area is 70.9 Å². The van der Waals surface area contributed by atoms with E-state index in [0.717, 1.165) is 0 Å². The monoisotopic (exact) mass is 161 g/mol. The molecule has 3 nitrogen and oxygen atoms in total. The largest absolute Gasteiger partial charge is 0.460 e. The van der Waals surface area contributed by atoms with Gasteiger partial charge in [0.2, 0.25) is 5.78 Å². The first-order valence-corrected chi connectivity index (χ1v) is 3.49. The van der Waals surface area contributed by atoms with Gasteiger partial charge >= 0.3 is 5.97 Å². The number of hydrogen-bond donors (Lipinski definition) is 0. The van der Waals surface area contributed by atoms with E-state index in [4.69, 9.17) is 4.11 Å². The lowest BCUT2D eigenvalue weighted by molar-refractivity contribution is -0.153. The molecular weight excluding hydrogens is 144 g/mol. The minimum absolute atomic E-state index is 0.118. The molecule has 0 radical (unpaired) electrons. The first-order valence-electron chi connectivity index (χ1n) is 4.99. The van der Waals surface area contributed by atoms with Crippen LogP contribution in [0.3, 0.4) is 0 Å². The van der Waals surface area contributed by atoms with Crippen LogP contribution in [0.5, 0.6) is 0 Å². The Hall–Kier alpha value is -0.860. The highest BCUT2D eigenvalue weighted by atomic mass is 16.5. The van der Waals surface area contributed by atoms with E-state index in [1.807, 2.05) is 0 Å². The van der Waals surface area contributed by atoms with Crippen LogP contribution in [0.1, 0.15) is 31.2 Å². The fourth-order valence-electron chi connectivity index (χ4n) is 0.573. The van der Waals surface area contributed by atoms with E-state index in [1.165, 1.54) is 6.92 Å². The molecule has 0 heterocycles. The summed E-state index contributed by atoms with van der Waals surface area (Å²) in [6.45, 7) is 0.900. The van der Waals surface area contributed by atoms with Crippen molar-refractivity contribution in [3.63, 3.8) is 0 Å². The number of rotatable bonds is 4. The second-order valence-electron chi connectivity index (χ2n) is 2.25. The zero-order valence-corrected chi connectivity index (χ0v) is 6.72. The Morgan fingerprint density at radius 2 is 2.27 bits per heavy atom. The predicted octanol–water partition coefficient (Wildman–Crippen LogP) is 1.16. The van der Waals surface area contributed by atoms with Crippen LogP contribution in [-0.2, 0) is 14.3 Å². The smallest absolute Gasteiger partial charge is 0.374 e. The Morgan fingerprint density at radius 3 is 2.73 bits per heavy atom. The topological polar surface area (TPSA) is 43.4 Å². The van der Waals surface area contributed by atoms with Gasteiger partial charge in [-0.15, -0.1) is 0 Å². The van der Waals surface area contributed by atoms with Gasteiger partial charge in [-0.05, 0) is 12.8 Å². The fourth-order valence-corrected chi connectivity index (χ4v) is 0.573. The molecule has 0 aliphatic heterocycles. The van der Waals surface area contributed by atoms with Gasteiger partial charge in [-0.3, -0.25) is 4.79 Å². The number of Topliss-reactive ketones (excluding diaryl/α,β-unsaturated/α-hetero) is 1. The van der Waals surface area contributed by atoms with Crippen molar-refractivity contribution in [2.24, 2.45) is 5.92 Å². The summed E-state index contributed by atoms with van der Waals surface area (Å²) in [6, 6.07) is 0. The maximum atomic E-state index is 11.1. The van der Waals surface area contributed by atoms with Gasteiger partial charge in [-0.2, -0.15) is 0 Å². The summed E-state index contributed by atoms with van der Waals surface area (Å²) in [5.41, 5.74) is 0. The van der Waals surface area contributed by atoms with E-state index in [1.54, 1.807) is 6.92 Å². The van der Waals surface area contributed by atoms with Crippen LogP contribution in [0.2, 0.25) is 0 Å². The van der Waals surface area contributed by atoms with Crippen LogP contribution in [0.15, 0.2) is 0 Å². The minimum atomic E-state index is -2.21. The molecule has 0 amide bonds. The molecule has 0 fully saturated rings. The summed E-state index contributed by atoms with van der Waals surface area (Å²) < 4.78 is 25.5. The highest BCUT2D eigenvalue weighted by Crippen LogP contribution is 2.00. The van der Waals surface area contributed by atoms with Crippen LogP contribution < -0.4 is 0 Å². The van der Waals surface area contributed by atoms with Crippen molar-refractivity contribution < 1.29 is 18.4 Å². The third-order valence-electron chi connectivity index (χ3n) is 0.995. The molecule has 0 rings (SSSR count). The van der Waals surface area contributed by atoms with Gasteiger partial charge in [0.05, 0.1) is 6.61 Å². The summed E-state index contributed by atoms with van der Waals surface area (Å²) in [6.07, 6.45) is -0.296. The molecule has 1 unspecified atom stereocenters. The van der Waals surface area contributed by atoms with Crippen molar-refractivity contribution in [3.05, 3.63) is 0 Å². The minimum Gasteiger partial charge on any atom is -0.460 e. The molecule has 0 spiro atoms. The number of hydrogen-bond acceptors (Lipinski definition) is 3. The van der Waals surface area contributed by atoms with Crippen LogP contribution in [0, 0.1) is 5.92 Å². The molecule has 0 aromatic rings. The van der Waals surface area contributed by atoms with Crippen molar-refractivity contribution in [2.75, 3.05) is 6.61 Å². The Bertz CT molecular complexity index is 222. The van der Waals surface area contributed by atoms with Crippen molar-refractivity contribution >= 4 is 11.8 Å². The number of carbonyl (C=O) groups excluding carboxylic acids is 2. The van der Waals surface area contributed by atoms with Gasteiger partial charge in [-0.25, -0.2) is 4.79 Å². The molecule has 3 heteroatoms. The van der Waals surface area contributed by atoms with E-state index >= 15 is 0 Å². The van der Waals surface area contributed by atoms with Crippen molar-refractivity contribution in [3.8, 4) is 0 Å². The molecule has 0 aromatic carbocycles. The Balaban J connectivity index is 4.13. The lowest BCUT2D eigenvalue weighted by Crippen LogP contribution is -2.18. The molecule has 0 aliphatic carbocycles. The molecule has 0 bridgehead atoms. The van der Waals surface area contributed by atoms with Gasteiger partial charge in [0.15, 0.2) is 0 Å². The third kappa shape index (κ3) is 4.53. The number of ether oxygens (including phenoxy) is 1. The van der Waals surface area contributed by atoms with Crippen LogP contribution in [-0.4, -0.2) is 18.4 Å². The van der Waals surface area contributed by atoms with Crippen LogP contribution in [0.25, 0.3) is 0 Å². The standard InChI is InChI=1S/C8H14O3/c1-4-11-8(10)7(9)5-6(2)3/h6H,4-5H2,1-3H3/i2D3. The Kier molecular flexibility index (Phi) is 2.55. The maximum absolute atomic E-state index is 11.1. The van der Waals surface area contributed by atoms with Crippen LogP contribution >= 0.6 is 0 Å². The summed E-state index contributed by atoms with van der Waals surface area (Å²) in [7, 11) is 0. The third-order valence-corrected chi connectivity index (χ3v) is 0.995. The van der Waals surface area contributed by atoms with E-state index in [2.05, 4.69) is 4.74 Å². The summed E-state index contributed by atoms with van der Waals surface area (Å²) >= 11 is 0. The first-order chi connectivity index (χ1) is 6.29. The number of ketones is 1. The van der Waals surface area contributed by atoms with Gasteiger partial charge in [0, 0.05) is 10.5 Å². The average Bonchev–Trinajstić information content (AvgIpc) is 2.02.